The SMILES string of the molecule is C=C(/C=C/c1ccccc1)CCC(=O)c1ccc(C(C)(C)C)cc1.CC(C)(C)c1ccc(C2=NCC(/C=C/c3ccccc3)(CF)O2)cc1. The summed E-state index contributed by atoms with van der Waals surface area (Å²) in [7, 11) is 0. The lowest BCUT2D eigenvalue weighted by atomic mass is 9.86. The quantitative estimate of drug-likeness (QED) is 0.126. The van der Waals surface area contributed by atoms with Crippen molar-refractivity contribution in [2.24, 2.45) is 4.99 Å². The average Bonchev–Trinajstić information content (AvgIpc) is 3.54. The molecule has 0 saturated carbocycles. The lowest BCUT2D eigenvalue weighted by Gasteiger charge is -2.22. The first-order valence-corrected chi connectivity index (χ1v) is 17.0. The molecule has 4 heteroatoms. The summed E-state index contributed by atoms with van der Waals surface area (Å²) in [5.74, 6) is 0.681. The van der Waals surface area contributed by atoms with Crippen LogP contribution >= 0.6 is 0 Å². The smallest absolute Gasteiger partial charge is 0.217 e. The molecule has 254 valence electrons. The summed E-state index contributed by atoms with van der Waals surface area (Å²) in [5, 5.41) is 0. The maximum absolute atomic E-state index is 13.7. The summed E-state index contributed by atoms with van der Waals surface area (Å²) < 4.78 is 19.6. The molecule has 4 aromatic carbocycles. The minimum Gasteiger partial charge on any atom is -0.462 e. The maximum Gasteiger partial charge on any atom is 0.217 e. The van der Waals surface area contributed by atoms with Gasteiger partial charge in [-0.15, -0.1) is 0 Å². The normalized spacial score (nSPS) is 16.2. The molecule has 0 amide bonds. The van der Waals surface area contributed by atoms with E-state index in [1.54, 1.807) is 6.08 Å². The van der Waals surface area contributed by atoms with Crippen LogP contribution in [0.1, 0.15) is 92.6 Å². The molecule has 0 radical (unpaired) electrons. The van der Waals surface area contributed by atoms with E-state index >= 15 is 0 Å². The number of Topliss-reactive ketones (excluding diaryl/α,β-unsaturated/α-hetero) is 1. The van der Waals surface area contributed by atoms with Gasteiger partial charge in [0.2, 0.25) is 5.90 Å². The van der Waals surface area contributed by atoms with Gasteiger partial charge >= 0.3 is 0 Å². The van der Waals surface area contributed by atoms with E-state index < -0.39 is 12.3 Å². The zero-order valence-electron chi connectivity index (χ0n) is 29.9. The number of halogens is 1. The first-order chi connectivity index (χ1) is 23.3. The fourth-order valence-corrected chi connectivity index (χ4v) is 5.17. The van der Waals surface area contributed by atoms with Crippen molar-refractivity contribution in [2.75, 3.05) is 13.2 Å². The van der Waals surface area contributed by atoms with E-state index in [9.17, 15) is 9.18 Å². The second-order valence-corrected chi connectivity index (χ2v) is 14.6. The summed E-state index contributed by atoms with van der Waals surface area (Å²) in [5.41, 5.74) is 6.48. The maximum atomic E-state index is 13.7. The summed E-state index contributed by atoms with van der Waals surface area (Å²) in [6.07, 6.45) is 8.87. The van der Waals surface area contributed by atoms with Crippen molar-refractivity contribution in [1.29, 1.82) is 0 Å². The molecule has 0 aromatic heterocycles. The van der Waals surface area contributed by atoms with Gasteiger partial charge in [0.15, 0.2) is 11.4 Å². The minimum atomic E-state index is -1.01. The molecule has 0 fully saturated rings. The predicted octanol–water partition coefficient (Wildman–Crippen LogP) is 11.4. The van der Waals surface area contributed by atoms with Crippen molar-refractivity contribution >= 4 is 23.8 Å². The van der Waals surface area contributed by atoms with Crippen molar-refractivity contribution < 1.29 is 13.9 Å². The lowest BCUT2D eigenvalue weighted by molar-refractivity contribution is 0.0983. The van der Waals surface area contributed by atoms with Gasteiger partial charge in [-0.25, -0.2) is 9.38 Å². The number of carbonyl (C=O) groups is 1. The van der Waals surface area contributed by atoms with Crippen LogP contribution in [0.4, 0.5) is 4.39 Å². The first-order valence-electron chi connectivity index (χ1n) is 17.0. The van der Waals surface area contributed by atoms with Crippen LogP contribution in [-0.2, 0) is 15.6 Å². The standard InChI is InChI=1S/C23H26O.C22H24FNO/c1-18(10-12-19-8-6-5-7-9-19)11-17-22(24)20-13-15-21(16-14-20)23(2,3)4;1-21(2,3)19-11-9-18(10-12-19)20-24-16-22(15-23,25-20)14-13-17-7-5-4-6-8-17/h5-10,12-16H,1,11,17H2,2-4H3;4-14H,15-16H2,1-3H3/b12-10+;14-13+. The van der Waals surface area contributed by atoms with E-state index in [1.807, 2.05) is 103 Å². The van der Waals surface area contributed by atoms with Crippen LogP contribution in [0.3, 0.4) is 0 Å². The molecule has 0 bridgehead atoms. The molecule has 1 aliphatic rings. The van der Waals surface area contributed by atoms with Gasteiger partial charge in [0.25, 0.3) is 0 Å². The Hall–Kier alpha value is -4.83. The number of hydrogen-bond acceptors (Lipinski definition) is 3. The van der Waals surface area contributed by atoms with Crippen LogP contribution in [0, 0.1) is 0 Å². The second kappa shape index (κ2) is 16.5. The van der Waals surface area contributed by atoms with E-state index in [2.05, 4.69) is 77.4 Å². The molecular weight excluding hydrogens is 605 g/mol. The number of aliphatic imine (C=N–C) groups is 1. The highest BCUT2D eigenvalue weighted by molar-refractivity contribution is 5.96. The monoisotopic (exact) mass is 655 g/mol. The third kappa shape index (κ3) is 11.1. The molecule has 0 N–H and O–H groups in total. The number of ketones is 1. The average molecular weight is 656 g/mol. The van der Waals surface area contributed by atoms with Gasteiger partial charge in [0, 0.05) is 17.5 Å². The van der Waals surface area contributed by atoms with Crippen LogP contribution < -0.4 is 0 Å². The van der Waals surface area contributed by atoms with Crippen LogP contribution in [0.5, 0.6) is 0 Å². The number of benzene rings is 4. The van der Waals surface area contributed by atoms with Crippen molar-refractivity contribution in [3.05, 3.63) is 167 Å². The highest BCUT2D eigenvalue weighted by Crippen LogP contribution is 2.28. The largest absolute Gasteiger partial charge is 0.462 e. The summed E-state index contributed by atoms with van der Waals surface area (Å²) in [4.78, 5) is 16.8. The zero-order valence-corrected chi connectivity index (χ0v) is 29.9. The van der Waals surface area contributed by atoms with E-state index in [0.717, 1.165) is 27.8 Å². The minimum absolute atomic E-state index is 0.0952. The highest BCUT2D eigenvalue weighted by Gasteiger charge is 2.36. The molecule has 1 unspecified atom stereocenters. The van der Waals surface area contributed by atoms with Gasteiger partial charge in [0.1, 0.15) is 6.67 Å². The molecular formula is C45H50FNO2. The van der Waals surface area contributed by atoms with E-state index in [4.69, 9.17) is 4.74 Å². The number of carbonyl (C=O) groups excluding carboxylic acids is 1. The molecule has 0 saturated heterocycles. The molecule has 0 aliphatic carbocycles. The Morgan fingerprint density at radius 1 is 0.755 bits per heavy atom. The van der Waals surface area contributed by atoms with E-state index in [0.29, 0.717) is 25.3 Å². The van der Waals surface area contributed by atoms with Gasteiger partial charge in [-0.05, 0) is 57.7 Å². The topological polar surface area (TPSA) is 38.7 Å². The Morgan fingerprint density at radius 2 is 1.27 bits per heavy atom. The number of allylic oxidation sites excluding steroid dienone is 2. The molecule has 49 heavy (non-hydrogen) atoms. The highest BCUT2D eigenvalue weighted by atomic mass is 19.1. The Balaban J connectivity index is 0.000000221. The van der Waals surface area contributed by atoms with Gasteiger partial charge < -0.3 is 4.74 Å². The van der Waals surface area contributed by atoms with Crippen molar-refractivity contribution in [3.63, 3.8) is 0 Å². The van der Waals surface area contributed by atoms with Crippen LogP contribution in [0.15, 0.2) is 138 Å². The summed E-state index contributed by atoms with van der Waals surface area (Å²) in [6, 6.07) is 36.0. The molecule has 5 rings (SSSR count). The Bertz CT molecular complexity index is 1750. The molecule has 4 aromatic rings. The zero-order chi connectivity index (χ0) is 35.5. The molecule has 0 spiro atoms. The third-order valence-corrected chi connectivity index (χ3v) is 8.45. The number of ether oxygens (including phenoxy) is 1. The Morgan fingerprint density at radius 3 is 1.78 bits per heavy atom. The molecule has 1 atom stereocenters. The molecule has 3 nitrogen and oxygen atoms in total. The predicted molar refractivity (Wildman–Crippen MR) is 205 cm³/mol. The Labute approximate surface area is 293 Å². The summed E-state index contributed by atoms with van der Waals surface area (Å²) >= 11 is 0. The third-order valence-electron chi connectivity index (χ3n) is 8.45. The van der Waals surface area contributed by atoms with Gasteiger partial charge in [0.05, 0.1) is 6.54 Å². The van der Waals surface area contributed by atoms with Crippen LogP contribution in [-0.4, -0.2) is 30.5 Å². The number of nitrogens with zero attached hydrogens (tertiary/aromatic N) is 1. The van der Waals surface area contributed by atoms with E-state index in [1.165, 1.54) is 11.1 Å². The van der Waals surface area contributed by atoms with Crippen molar-refractivity contribution in [2.45, 2.75) is 70.8 Å². The first kappa shape index (κ1) is 37.0. The van der Waals surface area contributed by atoms with Crippen molar-refractivity contribution in [3.8, 4) is 0 Å². The number of rotatable bonds is 10. The fourth-order valence-electron chi connectivity index (χ4n) is 5.17. The van der Waals surface area contributed by atoms with Crippen molar-refractivity contribution in [1.82, 2.24) is 0 Å². The summed E-state index contributed by atoms with van der Waals surface area (Å²) in [6.45, 7) is 16.8. The van der Waals surface area contributed by atoms with Gasteiger partial charge in [-0.2, -0.15) is 0 Å². The Kier molecular flexibility index (Phi) is 12.5. The number of alkyl halides is 1. The van der Waals surface area contributed by atoms with Crippen LogP contribution in [0.25, 0.3) is 12.2 Å². The van der Waals surface area contributed by atoms with Gasteiger partial charge in [-0.1, -0.05) is 169 Å². The lowest BCUT2D eigenvalue weighted by Crippen LogP contribution is -2.33. The molecule has 1 aliphatic heterocycles. The molecule has 1 heterocycles. The fraction of sp³-hybridized carbons (Fsp3) is 0.289. The van der Waals surface area contributed by atoms with E-state index in [-0.39, 0.29) is 16.6 Å². The van der Waals surface area contributed by atoms with Gasteiger partial charge in [-0.3, -0.25) is 4.79 Å². The number of hydrogen-bond donors (Lipinski definition) is 0. The second-order valence-electron chi connectivity index (χ2n) is 14.6. The van der Waals surface area contributed by atoms with Crippen LogP contribution in [0.2, 0.25) is 0 Å².